The number of hydrogen-bond donors (Lipinski definition) is 1. The van der Waals surface area contributed by atoms with Gasteiger partial charge in [0, 0.05) is 29.7 Å². The van der Waals surface area contributed by atoms with Gasteiger partial charge in [0.15, 0.2) is 0 Å². The highest BCUT2D eigenvalue weighted by molar-refractivity contribution is 5.90. The maximum absolute atomic E-state index is 6.17. The van der Waals surface area contributed by atoms with Crippen molar-refractivity contribution in [1.82, 2.24) is 9.88 Å². The third-order valence-corrected chi connectivity index (χ3v) is 4.57. The van der Waals surface area contributed by atoms with Crippen LogP contribution in [0.25, 0.3) is 10.9 Å². The van der Waals surface area contributed by atoms with Gasteiger partial charge >= 0.3 is 0 Å². The molecule has 0 saturated carbocycles. The second-order valence-electron chi connectivity index (χ2n) is 5.88. The summed E-state index contributed by atoms with van der Waals surface area (Å²) in [7, 11) is 0. The smallest absolute Gasteiger partial charge is 0.0726 e. The number of fused-ring (bicyclic) bond motifs is 1. The third kappa shape index (κ3) is 2.38. The monoisotopic (exact) mass is 269 g/mol. The quantitative estimate of drug-likeness (QED) is 0.926. The van der Waals surface area contributed by atoms with Gasteiger partial charge < -0.3 is 5.73 Å². The topological polar surface area (TPSA) is 42.1 Å². The van der Waals surface area contributed by atoms with Crippen LogP contribution in [0.3, 0.4) is 0 Å². The molecule has 3 rings (SSSR count). The molecule has 2 unspecified atom stereocenters. The fraction of sp³-hybridized carbons (Fsp3) is 0.471. The molecule has 0 spiro atoms. The molecule has 0 bridgehead atoms. The van der Waals surface area contributed by atoms with Gasteiger partial charge in [-0.25, -0.2) is 0 Å². The fourth-order valence-electron chi connectivity index (χ4n) is 3.38. The number of para-hydroxylation sites is 1. The average Bonchev–Trinajstić information content (AvgIpc) is 2.80. The normalized spacial score (nSPS) is 23.5. The third-order valence-electron chi connectivity index (χ3n) is 4.57. The molecular weight excluding hydrogens is 246 g/mol. The summed E-state index contributed by atoms with van der Waals surface area (Å²) in [6.07, 6.45) is 3.82. The Bertz CT molecular complexity index is 608. The summed E-state index contributed by atoms with van der Waals surface area (Å²) >= 11 is 0. The van der Waals surface area contributed by atoms with Crippen molar-refractivity contribution in [3.05, 3.63) is 36.0 Å². The fourth-order valence-corrected chi connectivity index (χ4v) is 3.38. The number of benzene rings is 1. The van der Waals surface area contributed by atoms with Gasteiger partial charge in [0.05, 0.1) is 11.2 Å². The number of pyridine rings is 1. The summed E-state index contributed by atoms with van der Waals surface area (Å²) in [4.78, 5) is 7.36. The minimum atomic E-state index is 0.648. The number of hydrogen-bond acceptors (Lipinski definition) is 3. The summed E-state index contributed by atoms with van der Waals surface area (Å²) in [5.41, 5.74) is 9.11. The van der Waals surface area contributed by atoms with Crippen LogP contribution in [0.4, 0.5) is 5.69 Å². The summed E-state index contributed by atoms with van der Waals surface area (Å²) in [6.45, 7) is 5.51. The molecule has 2 aromatic rings. The lowest BCUT2D eigenvalue weighted by Crippen LogP contribution is -2.33. The van der Waals surface area contributed by atoms with Gasteiger partial charge in [0.25, 0.3) is 0 Å². The maximum atomic E-state index is 6.17. The molecule has 3 nitrogen and oxygen atoms in total. The van der Waals surface area contributed by atoms with E-state index in [1.807, 2.05) is 30.3 Å². The van der Waals surface area contributed by atoms with Crippen LogP contribution in [0.15, 0.2) is 30.3 Å². The SMILES string of the molecule is CCC1CCC(C)N1Cc1cc(N)c2ccccc2n1. The minimum Gasteiger partial charge on any atom is -0.398 e. The highest BCUT2D eigenvalue weighted by Gasteiger charge is 2.29. The summed E-state index contributed by atoms with van der Waals surface area (Å²) in [6, 6.07) is 11.5. The summed E-state index contributed by atoms with van der Waals surface area (Å²) < 4.78 is 0. The Kier molecular flexibility index (Phi) is 3.62. The van der Waals surface area contributed by atoms with Crippen molar-refractivity contribution in [2.75, 3.05) is 5.73 Å². The molecule has 2 N–H and O–H groups in total. The summed E-state index contributed by atoms with van der Waals surface area (Å²) in [5, 5.41) is 1.05. The molecular formula is C17H23N3. The number of nitrogen functional groups attached to an aromatic ring is 1. The number of nitrogens with zero attached hydrogens (tertiary/aromatic N) is 2. The first-order valence-corrected chi connectivity index (χ1v) is 7.59. The second-order valence-corrected chi connectivity index (χ2v) is 5.88. The van der Waals surface area contributed by atoms with Crippen molar-refractivity contribution in [1.29, 1.82) is 0 Å². The maximum Gasteiger partial charge on any atom is 0.0726 e. The molecule has 1 saturated heterocycles. The van der Waals surface area contributed by atoms with Crippen molar-refractivity contribution < 1.29 is 0 Å². The van der Waals surface area contributed by atoms with Gasteiger partial charge in [-0.2, -0.15) is 0 Å². The molecule has 1 fully saturated rings. The van der Waals surface area contributed by atoms with Gasteiger partial charge in [-0.15, -0.1) is 0 Å². The van der Waals surface area contributed by atoms with Crippen LogP contribution in [0.2, 0.25) is 0 Å². The lowest BCUT2D eigenvalue weighted by atomic mass is 10.1. The highest BCUT2D eigenvalue weighted by Crippen LogP contribution is 2.28. The van der Waals surface area contributed by atoms with Crippen molar-refractivity contribution in [3.8, 4) is 0 Å². The van der Waals surface area contributed by atoms with Gasteiger partial charge in [0.2, 0.25) is 0 Å². The lowest BCUT2D eigenvalue weighted by molar-refractivity contribution is 0.187. The first-order chi connectivity index (χ1) is 9.69. The molecule has 1 aromatic heterocycles. The van der Waals surface area contributed by atoms with E-state index in [0.717, 1.165) is 28.8 Å². The van der Waals surface area contributed by atoms with E-state index in [-0.39, 0.29) is 0 Å². The zero-order valence-electron chi connectivity index (χ0n) is 12.3. The Morgan fingerprint density at radius 1 is 1.30 bits per heavy atom. The van der Waals surface area contributed by atoms with Crippen LogP contribution in [-0.2, 0) is 6.54 Å². The van der Waals surface area contributed by atoms with E-state index < -0.39 is 0 Å². The van der Waals surface area contributed by atoms with E-state index in [1.54, 1.807) is 0 Å². The van der Waals surface area contributed by atoms with E-state index in [9.17, 15) is 0 Å². The first kappa shape index (κ1) is 13.4. The molecule has 106 valence electrons. The molecule has 2 heterocycles. The standard InChI is InChI=1S/C17H23N3/c1-3-14-9-8-12(2)20(14)11-13-10-16(18)15-6-4-5-7-17(15)19-13/h4-7,10,12,14H,3,8-9,11H2,1-2H3,(H2,18,19). The van der Waals surface area contributed by atoms with Crippen LogP contribution < -0.4 is 5.73 Å². The molecule has 0 aliphatic carbocycles. The molecule has 1 aliphatic rings. The van der Waals surface area contributed by atoms with Gasteiger partial charge in [0.1, 0.15) is 0 Å². The van der Waals surface area contributed by atoms with Crippen LogP contribution in [-0.4, -0.2) is 22.0 Å². The molecule has 20 heavy (non-hydrogen) atoms. The number of nitrogens with two attached hydrogens (primary N) is 1. The van der Waals surface area contributed by atoms with E-state index >= 15 is 0 Å². The van der Waals surface area contributed by atoms with E-state index in [1.165, 1.54) is 19.3 Å². The van der Waals surface area contributed by atoms with E-state index in [0.29, 0.717) is 12.1 Å². The highest BCUT2D eigenvalue weighted by atomic mass is 15.2. The number of rotatable bonds is 3. The van der Waals surface area contributed by atoms with Crippen molar-refractivity contribution in [3.63, 3.8) is 0 Å². The van der Waals surface area contributed by atoms with E-state index in [4.69, 9.17) is 10.7 Å². The van der Waals surface area contributed by atoms with E-state index in [2.05, 4.69) is 18.7 Å². The van der Waals surface area contributed by atoms with Crippen LogP contribution in [0.1, 0.15) is 38.8 Å². The van der Waals surface area contributed by atoms with Crippen LogP contribution >= 0.6 is 0 Å². The lowest BCUT2D eigenvalue weighted by Gasteiger charge is -2.27. The molecule has 1 aliphatic heterocycles. The Labute approximate surface area is 120 Å². The van der Waals surface area contributed by atoms with Crippen molar-refractivity contribution >= 4 is 16.6 Å². The number of likely N-dealkylation sites (tertiary alicyclic amines) is 1. The van der Waals surface area contributed by atoms with Crippen molar-refractivity contribution in [2.45, 2.75) is 51.7 Å². The predicted octanol–water partition coefficient (Wildman–Crippen LogP) is 3.58. The average molecular weight is 269 g/mol. The Hall–Kier alpha value is -1.61. The molecule has 0 radical (unpaired) electrons. The second kappa shape index (κ2) is 5.41. The van der Waals surface area contributed by atoms with Gasteiger partial charge in [-0.3, -0.25) is 9.88 Å². The number of anilines is 1. The zero-order chi connectivity index (χ0) is 14.1. The molecule has 2 atom stereocenters. The Balaban J connectivity index is 1.91. The Morgan fingerprint density at radius 2 is 2.10 bits per heavy atom. The first-order valence-electron chi connectivity index (χ1n) is 7.59. The van der Waals surface area contributed by atoms with Crippen LogP contribution in [0.5, 0.6) is 0 Å². The van der Waals surface area contributed by atoms with Gasteiger partial charge in [-0.1, -0.05) is 25.1 Å². The predicted molar refractivity (Wildman–Crippen MR) is 84.5 cm³/mol. The Morgan fingerprint density at radius 3 is 2.90 bits per heavy atom. The zero-order valence-corrected chi connectivity index (χ0v) is 12.3. The summed E-state index contributed by atoms with van der Waals surface area (Å²) in [5.74, 6) is 0. The van der Waals surface area contributed by atoms with Gasteiger partial charge in [-0.05, 0) is 38.3 Å². The largest absolute Gasteiger partial charge is 0.398 e. The number of aromatic nitrogens is 1. The molecule has 1 aromatic carbocycles. The molecule has 3 heteroatoms. The van der Waals surface area contributed by atoms with Crippen LogP contribution in [0, 0.1) is 0 Å². The molecule has 0 amide bonds. The van der Waals surface area contributed by atoms with Crippen molar-refractivity contribution in [2.24, 2.45) is 0 Å². The minimum absolute atomic E-state index is 0.648.